The molecule has 4 nitrogen and oxygen atoms in total. The molecule has 1 saturated carbocycles. The summed E-state index contributed by atoms with van der Waals surface area (Å²) in [6, 6.07) is 8.52. The second-order valence-electron chi connectivity index (χ2n) is 5.46. The second kappa shape index (κ2) is 6.18. The molecule has 2 aromatic rings. The van der Waals surface area contributed by atoms with Gasteiger partial charge < -0.3 is 9.47 Å². The van der Waals surface area contributed by atoms with Gasteiger partial charge in [0.25, 0.3) is 0 Å². The van der Waals surface area contributed by atoms with Crippen LogP contribution in [0, 0.1) is 0 Å². The number of thiazole rings is 1. The van der Waals surface area contributed by atoms with Crippen LogP contribution in [0.5, 0.6) is 0 Å². The lowest BCUT2D eigenvalue weighted by molar-refractivity contribution is 0.0526. The summed E-state index contributed by atoms with van der Waals surface area (Å²) >= 11 is 1.45. The molecule has 5 heteroatoms. The fourth-order valence-corrected chi connectivity index (χ4v) is 3.75. The lowest BCUT2D eigenvalue weighted by atomic mass is 9.94. The average Bonchev–Trinajstić information content (AvgIpc) is 3.18. The van der Waals surface area contributed by atoms with Crippen LogP contribution in [0.1, 0.15) is 45.6 Å². The zero-order chi connectivity index (χ0) is 15.6. The highest BCUT2D eigenvalue weighted by Crippen LogP contribution is 2.55. The van der Waals surface area contributed by atoms with Crippen molar-refractivity contribution in [3.63, 3.8) is 0 Å². The third-order valence-electron chi connectivity index (χ3n) is 3.99. The third kappa shape index (κ3) is 2.78. The predicted molar refractivity (Wildman–Crippen MR) is 85.2 cm³/mol. The Balaban J connectivity index is 1.83. The molecule has 0 radical (unpaired) electrons. The van der Waals surface area contributed by atoms with Crippen molar-refractivity contribution >= 4 is 17.3 Å². The second-order valence-corrected chi connectivity index (χ2v) is 6.49. The van der Waals surface area contributed by atoms with Gasteiger partial charge in [-0.25, -0.2) is 9.78 Å². The van der Waals surface area contributed by atoms with Crippen LogP contribution in [0.2, 0.25) is 0 Å². The number of hydrogen-bond acceptors (Lipinski definition) is 5. The van der Waals surface area contributed by atoms with Crippen molar-refractivity contribution in [2.24, 2.45) is 0 Å². The van der Waals surface area contributed by atoms with Gasteiger partial charge in [-0.3, -0.25) is 0 Å². The summed E-state index contributed by atoms with van der Waals surface area (Å²) in [6.45, 7) is 2.80. The fraction of sp³-hybridized carbons (Fsp3) is 0.412. The van der Waals surface area contributed by atoms with E-state index in [0.29, 0.717) is 18.2 Å². The Bertz CT molecular complexity index is 659. The van der Waals surface area contributed by atoms with Gasteiger partial charge >= 0.3 is 5.97 Å². The van der Waals surface area contributed by atoms with Gasteiger partial charge in [-0.1, -0.05) is 24.3 Å². The molecule has 0 saturated heterocycles. The zero-order valence-electron chi connectivity index (χ0n) is 12.8. The van der Waals surface area contributed by atoms with E-state index in [4.69, 9.17) is 9.47 Å². The van der Waals surface area contributed by atoms with Gasteiger partial charge in [0.05, 0.1) is 13.2 Å². The minimum Gasteiger partial charge on any atom is -0.461 e. The van der Waals surface area contributed by atoms with Crippen LogP contribution in [-0.4, -0.2) is 24.7 Å². The first kappa shape index (κ1) is 15.2. The van der Waals surface area contributed by atoms with E-state index in [0.717, 1.165) is 17.7 Å². The highest BCUT2D eigenvalue weighted by Gasteiger charge is 2.47. The maximum absolute atomic E-state index is 11.8. The van der Waals surface area contributed by atoms with Gasteiger partial charge in [-0.2, -0.15) is 0 Å². The Kier molecular flexibility index (Phi) is 4.27. The van der Waals surface area contributed by atoms with Crippen molar-refractivity contribution in [1.29, 1.82) is 0 Å². The van der Waals surface area contributed by atoms with Crippen LogP contribution in [0.4, 0.5) is 0 Å². The van der Waals surface area contributed by atoms with E-state index in [-0.39, 0.29) is 11.4 Å². The number of nitrogens with zero attached hydrogens (tertiary/aromatic N) is 1. The molecular weight excluding hydrogens is 298 g/mol. The lowest BCUT2D eigenvalue weighted by Crippen LogP contribution is -2.06. The Hall–Kier alpha value is -1.72. The van der Waals surface area contributed by atoms with Crippen molar-refractivity contribution in [1.82, 2.24) is 4.98 Å². The molecule has 0 bridgehead atoms. The highest BCUT2D eigenvalue weighted by atomic mass is 32.1. The van der Waals surface area contributed by atoms with E-state index in [1.54, 1.807) is 14.0 Å². The van der Waals surface area contributed by atoms with Crippen LogP contribution in [-0.2, 0) is 21.5 Å². The number of rotatable bonds is 6. The van der Waals surface area contributed by atoms with E-state index in [2.05, 4.69) is 29.2 Å². The monoisotopic (exact) mass is 317 g/mol. The summed E-state index contributed by atoms with van der Waals surface area (Å²) in [4.78, 5) is 17.2. The summed E-state index contributed by atoms with van der Waals surface area (Å²) in [5.74, 6) is -0.329. The molecule has 3 rings (SSSR count). The smallest absolute Gasteiger partial charge is 0.367 e. The minimum absolute atomic E-state index is 0.0357. The average molecular weight is 317 g/mol. The standard InChI is InChI=1S/C17H19NO3S/c1-3-21-16(19)15-18-10-14(22-15)17(8-9-17)13-6-4-12(5-7-13)11-20-2/h4-7,10H,3,8-9,11H2,1-2H3. The maximum atomic E-state index is 11.8. The van der Waals surface area contributed by atoms with E-state index in [1.807, 2.05) is 6.20 Å². The summed E-state index contributed by atoms with van der Waals surface area (Å²) in [7, 11) is 1.70. The number of aromatic nitrogens is 1. The number of carbonyl (C=O) groups is 1. The Labute approximate surface area is 134 Å². The van der Waals surface area contributed by atoms with Gasteiger partial charge in [-0.05, 0) is 30.9 Å². The topological polar surface area (TPSA) is 48.4 Å². The number of hydrogen-bond donors (Lipinski definition) is 0. The van der Waals surface area contributed by atoms with Crippen molar-refractivity contribution in [2.45, 2.75) is 31.8 Å². The molecular formula is C17H19NO3S. The molecule has 0 unspecified atom stereocenters. The molecule has 1 fully saturated rings. The molecule has 22 heavy (non-hydrogen) atoms. The Morgan fingerprint density at radius 1 is 1.32 bits per heavy atom. The van der Waals surface area contributed by atoms with Crippen LogP contribution < -0.4 is 0 Å². The van der Waals surface area contributed by atoms with E-state index < -0.39 is 0 Å². The van der Waals surface area contributed by atoms with Crippen LogP contribution in [0.3, 0.4) is 0 Å². The maximum Gasteiger partial charge on any atom is 0.367 e. The van der Waals surface area contributed by atoms with Crippen molar-refractivity contribution in [3.8, 4) is 0 Å². The van der Waals surface area contributed by atoms with Crippen molar-refractivity contribution < 1.29 is 14.3 Å². The number of methoxy groups -OCH3 is 1. The Morgan fingerprint density at radius 3 is 2.64 bits per heavy atom. The van der Waals surface area contributed by atoms with E-state index in [9.17, 15) is 4.79 Å². The van der Waals surface area contributed by atoms with E-state index >= 15 is 0 Å². The van der Waals surface area contributed by atoms with Gasteiger partial charge in [0.1, 0.15) is 0 Å². The van der Waals surface area contributed by atoms with Crippen LogP contribution in [0.15, 0.2) is 30.5 Å². The summed E-state index contributed by atoms with van der Waals surface area (Å²) in [5.41, 5.74) is 2.48. The minimum atomic E-state index is -0.329. The van der Waals surface area contributed by atoms with Crippen molar-refractivity contribution in [3.05, 3.63) is 51.5 Å². The lowest BCUT2D eigenvalue weighted by Gasteiger charge is -2.13. The molecule has 0 amide bonds. The summed E-state index contributed by atoms with van der Waals surface area (Å²) in [6.07, 6.45) is 4.02. The molecule has 0 spiro atoms. The molecule has 1 aliphatic carbocycles. The number of benzene rings is 1. The first-order chi connectivity index (χ1) is 10.7. The molecule has 1 aromatic carbocycles. The van der Waals surface area contributed by atoms with Gasteiger partial charge in [0, 0.05) is 23.6 Å². The zero-order valence-corrected chi connectivity index (χ0v) is 13.6. The fourth-order valence-electron chi connectivity index (χ4n) is 2.67. The normalized spacial score (nSPS) is 15.5. The summed E-state index contributed by atoms with van der Waals surface area (Å²) in [5, 5.41) is 0.444. The third-order valence-corrected chi connectivity index (χ3v) is 5.18. The van der Waals surface area contributed by atoms with Crippen molar-refractivity contribution in [2.75, 3.05) is 13.7 Å². The molecule has 0 atom stereocenters. The van der Waals surface area contributed by atoms with E-state index in [1.165, 1.54) is 22.5 Å². The Morgan fingerprint density at radius 2 is 2.05 bits per heavy atom. The molecule has 116 valence electrons. The number of ether oxygens (including phenoxy) is 2. The van der Waals surface area contributed by atoms with Gasteiger partial charge in [0.15, 0.2) is 0 Å². The van der Waals surface area contributed by atoms with Crippen LogP contribution in [0.25, 0.3) is 0 Å². The quantitative estimate of drug-likeness (QED) is 0.765. The largest absolute Gasteiger partial charge is 0.461 e. The first-order valence-electron chi connectivity index (χ1n) is 7.41. The van der Waals surface area contributed by atoms with Gasteiger partial charge in [0.2, 0.25) is 5.01 Å². The number of esters is 1. The molecule has 1 aliphatic rings. The molecule has 0 aliphatic heterocycles. The van der Waals surface area contributed by atoms with Crippen LogP contribution >= 0.6 is 11.3 Å². The highest BCUT2D eigenvalue weighted by molar-refractivity contribution is 7.13. The molecule has 0 N–H and O–H groups in total. The predicted octanol–water partition coefficient (Wildman–Crippen LogP) is 3.55. The molecule has 1 aromatic heterocycles. The first-order valence-corrected chi connectivity index (χ1v) is 8.23. The number of carbonyl (C=O) groups excluding carboxylic acids is 1. The SMILES string of the molecule is CCOC(=O)c1ncc(C2(c3ccc(COC)cc3)CC2)s1. The summed E-state index contributed by atoms with van der Waals surface area (Å²) < 4.78 is 10.2. The van der Waals surface area contributed by atoms with Gasteiger partial charge in [-0.15, -0.1) is 11.3 Å². The molecule has 1 heterocycles.